The first kappa shape index (κ1) is 13.4. The molecule has 0 amide bonds. The Kier molecular flexibility index (Phi) is 3.45. The molecule has 0 aliphatic heterocycles. The van der Waals surface area contributed by atoms with E-state index >= 15 is 0 Å². The monoisotopic (exact) mass is 278 g/mol. The zero-order valence-corrected chi connectivity index (χ0v) is 9.25. The highest BCUT2D eigenvalue weighted by Crippen LogP contribution is 2.27. The summed E-state index contributed by atoms with van der Waals surface area (Å²) >= 11 is 0. The molecule has 2 heterocycles. The van der Waals surface area contributed by atoms with Crippen LogP contribution in [0.15, 0.2) is 18.3 Å². The summed E-state index contributed by atoms with van der Waals surface area (Å²) in [6.07, 6.45) is -7.34. The first-order chi connectivity index (χ1) is 8.87. The normalized spacial score (nSPS) is 12.1. The molecule has 0 saturated heterocycles. The molecule has 2 aromatic heterocycles. The predicted molar refractivity (Wildman–Crippen MR) is 54.3 cm³/mol. The number of hydrogen-bond acceptors (Lipinski definition) is 3. The molecule has 0 aliphatic rings. The van der Waals surface area contributed by atoms with Gasteiger partial charge in [0, 0.05) is 11.8 Å². The molecule has 2 rings (SSSR count). The second kappa shape index (κ2) is 4.90. The molecule has 1 N–H and O–H groups in total. The minimum absolute atomic E-state index is 0.234. The third-order valence-corrected chi connectivity index (χ3v) is 2.19. The number of hydrogen-bond donors (Lipinski definition) is 1. The maximum absolute atomic E-state index is 12.7. The molecule has 0 aromatic carbocycles. The van der Waals surface area contributed by atoms with Crippen molar-refractivity contribution < 1.29 is 22.0 Å². The van der Waals surface area contributed by atoms with Crippen molar-refractivity contribution in [1.82, 2.24) is 20.2 Å². The van der Waals surface area contributed by atoms with Crippen molar-refractivity contribution in [2.24, 2.45) is 0 Å². The van der Waals surface area contributed by atoms with Crippen LogP contribution in [0.1, 0.15) is 17.8 Å². The quantitative estimate of drug-likeness (QED) is 0.878. The highest BCUT2D eigenvalue weighted by molar-refractivity contribution is 5.54. The van der Waals surface area contributed by atoms with Gasteiger partial charge < -0.3 is 0 Å². The summed E-state index contributed by atoms with van der Waals surface area (Å²) in [4.78, 5) is 7.20. The minimum Gasteiger partial charge on any atom is -0.262 e. The molecule has 0 atom stereocenters. The fraction of sp³-hybridized carbons (Fsp3) is 0.300. The van der Waals surface area contributed by atoms with Crippen molar-refractivity contribution in [3.63, 3.8) is 0 Å². The van der Waals surface area contributed by atoms with Crippen LogP contribution < -0.4 is 0 Å². The molecule has 0 bridgehead atoms. The highest BCUT2D eigenvalue weighted by atomic mass is 19.4. The molecule has 102 valence electrons. The molecule has 0 aliphatic carbocycles. The Morgan fingerprint density at radius 2 is 2.00 bits per heavy atom. The maximum atomic E-state index is 12.7. The molecule has 0 unspecified atom stereocenters. The lowest BCUT2D eigenvalue weighted by atomic mass is 10.2. The third kappa shape index (κ3) is 3.24. The van der Waals surface area contributed by atoms with E-state index < -0.39 is 30.4 Å². The van der Waals surface area contributed by atoms with Gasteiger partial charge in [-0.15, -0.1) is 0 Å². The van der Waals surface area contributed by atoms with Crippen LogP contribution in [0.5, 0.6) is 0 Å². The Morgan fingerprint density at radius 3 is 2.63 bits per heavy atom. The van der Waals surface area contributed by atoms with E-state index in [9.17, 15) is 22.0 Å². The second-order valence-electron chi connectivity index (χ2n) is 3.64. The van der Waals surface area contributed by atoms with Gasteiger partial charge in [0.05, 0.1) is 0 Å². The molecule has 4 nitrogen and oxygen atoms in total. The number of H-pyrrole nitrogens is 1. The number of nitrogens with one attached hydrogen (secondary N) is 1. The van der Waals surface area contributed by atoms with E-state index in [0.717, 1.165) is 6.07 Å². The molecular weight excluding hydrogens is 271 g/mol. The number of nitrogens with zero attached hydrogens (tertiary/aromatic N) is 3. The number of rotatable bonds is 3. The standard InChI is InChI=1S/C10H7F5N4/c11-8(12)5-2-1-3-16-7(5)9-17-6(18-19-9)4-10(13,14)15/h1-3,8H,4H2,(H,17,18,19). The van der Waals surface area contributed by atoms with Crippen molar-refractivity contribution in [1.29, 1.82) is 0 Å². The van der Waals surface area contributed by atoms with Crippen LogP contribution in [0.2, 0.25) is 0 Å². The van der Waals surface area contributed by atoms with Gasteiger partial charge in [-0.25, -0.2) is 13.8 Å². The van der Waals surface area contributed by atoms with Gasteiger partial charge in [-0.3, -0.25) is 10.1 Å². The van der Waals surface area contributed by atoms with Crippen LogP contribution in [0, 0.1) is 0 Å². The Balaban J connectivity index is 2.33. The van der Waals surface area contributed by atoms with Crippen LogP contribution in [0.4, 0.5) is 22.0 Å². The molecule has 2 aromatic rings. The average molecular weight is 278 g/mol. The lowest BCUT2D eigenvalue weighted by Crippen LogP contribution is -2.12. The average Bonchev–Trinajstić information content (AvgIpc) is 2.75. The van der Waals surface area contributed by atoms with Crippen LogP contribution in [-0.2, 0) is 6.42 Å². The van der Waals surface area contributed by atoms with Gasteiger partial charge >= 0.3 is 6.18 Å². The predicted octanol–water partition coefficient (Wildman–Crippen LogP) is 2.91. The van der Waals surface area contributed by atoms with Gasteiger partial charge in [0.25, 0.3) is 6.43 Å². The van der Waals surface area contributed by atoms with E-state index in [1.54, 1.807) is 0 Å². The van der Waals surface area contributed by atoms with E-state index in [2.05, 4.69) is 20.2 Å². The van der Waals surface area contributed by atoms with Crippen LogP contribution in [0.3, 0.4) is 0 Å². The lowest BCUT2D eigenvalue weighted by Gasteiger charge is -2.03. The number of aromatic amines is 1. The number of alkyl halides is 5. The summed E-state index contributed by atoms with van der Waals surface area (Å²) in [6.45, 7) is 0. The van der Waals surface area contributed by atoms with Crippen LogP contribution in [0.25, 0.3) is 11.5 Å². The summed E-state index contributed by atoms with van der Waals surface area (Å²) < 4.78 is 61.8. The Hall–Kier alpha value is -2.06. The topological polar surface area (TPSA) is 54.5 Å². The number of aromatic nitrogens is 4. The van der Waals surface area contributed by atoms with Gasteiger partial charge in [0.1, 0.15) is 17.9 Å². The lowest BCUT2D eigenvalue weighted by molar-refractivity contribution is -0.128. The Labute approximate surface area is 103 Å². The fourth-order valence-corrected chi connectivity index (χ4v) is 1.45. The van der Waals surface area contributed by atoms with Crippen LogP contribution in [-0.4, -0.2) is 26.3 Å². The van der Waals surface area contributed by atoms with E-state index in [4.69, 9.17) is 0 Å². The molecule has 9 heteroatoms. The highest BCUT2D eigenvalue weighted by Gasteiger charge is 2.30. The smallest absolute Gasteiger partial charge is 0.262 e. The summed E-state index contributed by atoms with van der Waals surface area (Å²) in [6, 6.07) is 2.42. The third-order valence-electron chi connectivity index (χ3n) is 2.19. The largest absolute Gasteiger partial charge is 0.396 e. The summed E-state index contributed by atoms with van der Waals surface area (Å²) in [7, 11) is 0. The zero-order chi connectivity index (χ0) is 14.0. The van der Waals surface area contributed by atoms with Gasteiger partial charge in [-0.1, -0.05) is 0 Å². The van der Waals surface area contributed by atoms with Crippen molar-refractivity contribution in [3.05, 3.63) is 29.7 Å². The van der Waals surface area contributed by atoms with Gasteiger partial charge in [-0.05, 0) is 12.1 Å². The fourth-order valence-electron chi connectivity index (χ4n) is 1.45. The molecule has 0 fully saturated rings. The summed E-state index contributed by atoms with van der Waals surface area (Å²) in [5, 5.41) is 5.54. The van der Waals surface area contributed by atoms with Gasteiger partial charge in [-0.2, -0.15) is 18.3 Å². The number of pyridine rings is 1. The Morgan fingerprint density at radius 1 is 1.26 bits per heavy atom. The molecule has 0 saturated carbocycles. The molecule has 0 spiro atoms. The van der Waals surface area contributed by atoms with Crippen molar-refractivity contribution in [3.8, 4) is 11.5 Å². The van der Waals surface area contributed by atoms with Crippen molar-refractivity contribution >= 4 is 0 Å². The van der Waals surface area contributed by atoms with E-state index in [1.165, 1.54) is 12.3 Å². The van der Waals surface area contributed by atoms with E-state index in [0.29, 0.717) is 0 Å². The van der Waals surface area contributed by atoms with Crippen molar-refractivity contribution in [2.45, 2.75) is 19.0 Å². The first-order valence-corrected chi connectivity index (χ1v) is 5.08. The molecule has 19 heavy (non-hydrogen) atoms. The summed E-state index contributed by atoms with van der Waals surface area (Å²) in [5.74, 6) is -0.733. The van der Waals surface area contributed by atoms with E-state index in [-0.39, 0.29) is 11.5 Å². The molecular formula is C10H7F5N4. The second-order valence-corrected chi connectivity index (χ2v) is 3.64. The van der Waals surface area contributed by atoms with Gasteiger partial charge in [0.15, 0.2) is 5.82 Å². The van der Waals surface area contributed by atoms with Gasteiger partial charge in [0.2, 0.25) is 0 Å². The zero-order valence-electron chi connectivity index (χ0n) is 9.25. The minimum atomic E-state index is -4.45. The van der Waals surface area contributed by atoms with Crippen molar-refractivity contribution in [2.75, 3.05) is 0 Å². The maximum Gasteiger partial charge on any atom is 0.396 e. The van der Waals surface area contributed by atoms with E-state index in [1.807, 2.05) is 0 Å². The summed E-state index contributed by atoms with van der Waals surface area (Å²) in [5.41, 5.74) is -0.665. The Bertz CT molecular complexity index is 563. The number of halogens is 5. The van der Waals surface area contributed by atoms with Crippen LogP contribution >= 0.6 is 0 Å². The first-order valence-electron chi connectivity index (χ1n) is 5.08. The molecule has 0 radical (unpaired) electrons. The SMILES string of the molecule is FC(F)c1cccnc1-c1n[nH]c(CC(F)(F)F)n1.